The van der Waals surface area contributed by atoms with Crippen LogP contribution in [0.1, 0.15) is 21.5 Å². The fourth-order valence-corrected chi connectivity index (χ4v) is 2.38. The number of nitrogens with two attached hydrogens (primary N) is 1. The highest BCUT2D eigenvalue weighted by atomic mass is 19.4. The van der Waals surface area contributed by atoms with Crippen LogP contribution in [0.4, 0.5) is 18.9 Å². The van der Waals surface area contributed by atoms with Crippen LogP contribution in [0.2, 0.25) is 0 Å². The van der Waals surface area contributed by atoms with Gasteiger partial charge in [-0.05, 0) is 18.2 Å². The monoisotopic (exact) mass is 381 g/mol. The number of nitrogens with one attached hydrogen (secondary N) is 1. The van der Waals surface area contributed by atoms with Gasteiger partial charge in [0.05, 0.1) is 10.5 Å². The number of hydrogen-bond donors (Lipinski definition) is 2. The van der Waals surface area contributed by atoms with E-state index in [1.165, 1.54) is 24.3 Å². The van der Waals surface area contributed by atoms with Gasteiger partial charge in [-0.25, -0.2) is 0 Å². The lowest BCUT2D eigenvalue weighted by molar-refractivity contribution is -0.385. The first-order chi connectivity index (χ1) is 12.6. The normalized spacial score (nSPS) is 12.3. The van der Waals surface area contributed by atoms with Gasteiger partial charge in [0.1, 0.15) is 6.04 Å². The molecule has 0 bridgehead atoms. The summed E-state index contributed by atoms with van der Waals surface area (Å²) in [4.78, 5) is 34.3. The van der Waals surface area contributed by atoms with Crippen molar-refractivity contribution in [2.75, 3.05) is 0 Å². The standard InChI is InChI=1S/C17H14F3N3O4/c18-17(19,20)12-6-3-5-11(8-12)16(25)22-13(15(21)24)9-10-4-1-2-7-14(10)23(26)27/h1-8,13H,9H2,(H2,21,24)(H,22,25)/t13-/m1/s1. The molecule has 3 N–H and O–H groups in total. The Morgan fingerprint density at radius 1 is 1.15 bits per heavy atom. The van der Waals surface area contributed by atoms with Crippen molar-refractivity contribution in [1.82, 2.24) is 5.32 Å². The zero-order valence-electron chi connectivity index (χ0n) is 13.7. The Morgan fingerprint density at radius 2 is 1.81 bits per heavy atom. The molecule has 0 radical (unpaired) electrons. The van der Waals surface area contributed by atoms with E-state index < -0.39 is 34.5 Å². The quantitative estimate of drug-likeness (QED) is 0.591. The SMILES string of the molecule is NC(=O)[C@@H](Cc1ccccc1[N+](=O)[O-])NC(=O)c1cccc(C(F)(F)F)c1. The van der Waals surface area contributed by atoms with E-state index in [0.29, 0.717) is 6.07 Å². The highest BCUT2D eigenvalue weighted by Crippen LogP contribution is 2.29. The van der Waals surface area contributed by atoms with Gasteiger partial charge >= 0.3 is 6.18 Å². The van der Waals surface area contributed by atoms with Crippen molar-refractivity contribution in [3.05, 3.63) is 75.3 Å². The first-order valence-corrected chi connectivity index (χ1v) is 7.59. The highest BCUT2D eigenvalue weighted by molar-refractivity contribution is 5.97. The Bertz CT molecular complexity index is 884. The van der Waals surface area contributed by atoms with Crippen LogP contribution < -0.4 is 11.1 Å². The fraction of sp³-hybridized carbons (Fsp3) is 0.176. The molecule has 0 aliphatic carbocycles. The minimum absolute atomic E-state index is 0.149. The second-order valence-electron chi connectivity index (χ2n) is 5.60. The zero-order valence-corrected chi connectivity index (χ0v) is 13.7. The number of nitrogens with zero attached hydrogens (tertiary/aromatic N) is 1. The molecule has 0 saturated heterocycles. The summed E-state index contributed by atoms with van der Waals surface area (Å²) < 4.78 is 38.3. The minimum atomic E-state index is -4.63. The molecule has 0 aliphatic rings. The fourth-order valence-electron chi connectivity index (χ4n) is 2.38. The summed E-state index contributed by atoms with van der Waals surface area (Å²) in [5.41, 5.74) is 3.77. The van der Waals surface area contributed by atoms with Crippen LogP contribution in [0.15, 0.2) is 48.5 Å². The van der Waals surface area contributed by atoms with E-state index in [-0.39, 0.29) is 23.2 Å². The van der Waals surface area contributed by atoms with Crippen LogP contribution in [0.25, 0.3) is 0 Å². The lowest BCUT2D eigenvalue weighted by Gasteiger charge is -2.16. The van der Waals surface area contributed by atoms with Crippen molar-refractivity contribution in [2.24, 2.45) is 5.73 Å². The maximum absolute atomic E-state index is 12.8. The van der Waals surface area contributed by atoms with Gasteiger partial charge in [0.15, 0.2) is 0 Å². The molecule has 0 saturated carbocycles. The van der Waals surface area contributed by atoms with E-state index in [1.807, 2.05) is 0 Å². The predicted octanol–water partition coefficient (Wildman–Crippen LogP) is 2.44. The number of carbonyl (C=O) groups is 2. The molecule has 142 valence electrons. The summed E-state index contributed by atoms with van der Waals surface area (Å²) in [5, 5.41) is 13.3. The molecular weight excluding hydrogens is 367 g/mol. The van der Waals surface area contributed by atoms with Gasteiger partial charge in [-0.2, -0.15) is 13.2 Å². The average molecular weight is 381 g/mol. The molecule has 2 rings (SSSR count). The number of rotatable bonds is 6. The lowest BCUT2D eigenvalue weighted by atomic mass is 10.0. The number of alkyl halides is 3. The summed E-state index contributed by atoms with van der Waals surface area (Å²) in [5.74, 6) is -1.93. The van der Waals surface area contributed by atoms with Crippen LogP contribution >= 0.6 is 0 Å². The molecule has 0 heterocycles. The number of primary amides is 1. The van der Waals surface area contributed by atoms with Gasteiger partial charge < -0.3 is 11.1 Å². The van der Waals surface area contributed by atoms with Crippen molar-refractivity contribution in [3.8, 4) is 0 Å². The molecule has 0 unspecified atom stereocenters. The van der Waals surface area contributed by atoms with E-state index in [1.54, 1.807) is 0 Å². The molecule has 1 atom stereocenters. The average Bonchev–Trinajstić information content (AvgIpc) is 2.60. The van der Waals surface area contributed by atoms with Gasteiger partial charge in [-0.1, -0.05) is 24.3 Å². The van der Waals surface area contributed by atoms with Gasteiger partial charge in [-0.15, -0.1) is 0 Å². The molecule has 10 heteroatoms. The number of para-hydroxylation sites is 1. The van der Waals surface area contributed by atoms with E-state index in [0.717, 1.165) is 18.2 Å². The summed E-state index contributed by atoms with van der Waals surface area (Å²) in [6, 6.07) is 7.86. The second kappa shape index (κ2) is 7.85. The molecule has 7 nitrogen and oxygen atoms in total. The number of benzene rings is 2. The largest absolute Gasteiger partial charge is 0.416 e. The molecule has 0 aliphatic heterocycles. The minimum Gasteiger partial charge on any atom is -0.368 e. The van der Waals surface area contributed by atoms with E-state index in [2.05, 4.69) is 5.32 Å². The second-order valence-corrected chi connectivity index (χ2v) is 5.60. The Morgan fingerprint density at radius 3 is 2.41 bits per heavy atom. The molecule has 27 heavy (non-hydrogen) atoms. The van der Waals surface area contributed by atoms with Crippen molar-refractivity contribution >= 4 is 17.5 Å². The molecule has 0 spiro atoms. The third-order valence-electron chi connectivity index (χ3n) is 3.71. The van der Waals surface area contributed by atoms with E-state index in [4.69, 9.17) is 5.73 Å². The molecule has 2 aromatic rings. The summed E-state index contributed by atoms with van der Waals surface area (Å²) in [6.07, 6.45) is -4.92. The number of amides is 2. The van der Waals surface area contributed by atoms with Gasteiger partial charge in [0, 0.05) is 23.6 Å². The van der Waals surface area contributed by atoms with Crippen molar-refractivity contribution in [3.63, 3.8) is 0 Å². The summed E-state index contributed by atoms with van der Waals surface area (Å²) >= 11 is 0. The Hall–Kier alpha value is -3.43. The Balaban J connectivity index is 2.23. The number of carbonyl (C=O) groups excluding carboxylic acids is 2. The third-order valence-corrected chi connectivity index (χ3v) is 3.71. The van der Waals surface area contributed by atoms with Crippen LogP contribution in [0.3, 0.4) is 0 Å². The van der Waals surface area contributed by atoms with Crippen molar-refractivity contribution < 1.29 is 27.7 Å². The number of nitro groups is 1. The first kappa shape index (κ1) is 19.9. The van der Waals surface area contributed by atoms with Crippen molar-refractivity contribution in [2.45, 2.75) is 18.6 Å². The van der Waals surface area contributed by atoms with Gasteiger partial charge in [0.25, 0.3) is 11.6 Å². The maximum atomic E-state index is 12.8. The number of hydrogen-bond acceptors (Lipinski definition) is 4. The van der Waals surface area contributed by atoms with Crippen molar-refractivity contribution in [1.29, 1.82) is 0 Å². The lowest BCUT2D eigenvalue weighted by Crippen LogP contribution is -2.46. The first-order valence-electron chi connectivity index (χ1n) is 7.59. The van der Waals surface area contributed by atoms with Crippen LogP contribution in [-0.4, -0.2) is 22.8 Å². The number of nitro benzene ring substituents is 1. The summed E-state index contributed by atoms with van der Waals surface area (Å²) in [6.45, 7) is 0. The molecule has 0 fully saturated rings. The van der Waals surface area contributed by atoms with Crippen LogP contribution in [0, 0.1) is 10.1 Å². The Kier molecular flexibility index (Phi) is 5.78. The van der Waals surface area contributed by atoms with Crippen LogP contribution in [0.5, 0.6) is 0 Å². The van der Waals surface area contributed by atoms with E-state index in [9.17, 15) is 32.9 Å². The van der Waals surface area contributed by atoms with Gasteiger partial charge in [0.2, 0.25) is 5.91 Å². The van der Waals surface area contributed by atoms with Crippen LogP contribution in [-0.2, 0) is 17.4 Å². The maximum Gasteiger partial charge on any atom is 0.416 e. The molecular formula is C17H14F3N3O4. The predicted molar refractivity (Wildman–Crippen MR) is 88.7 cm³/mol. The smallest absolute Gasteiger partial charge is 0.368 e. The molecule has 0 aromatic heterocycles. The highest BCUT2D eigenvalue weighted by Gasteiger charge is 2.31. The Labute approximate surface area is 151 Å². The third kappa shape index (κ3) is 5.03. The van der Waals surface area contributed by atoms with Gasteiger partial charge in [-0.3, -0.25) is 19.7 Å². The zero-order chi connectivity index (χ0) is 20.2. The summed E-state index contributed by atoms with van der Waals surface area (Å²) in [7, 11) is 0. The number of halogens is 3. The van der Waals surface area contributed by atoms with E-state index >= 15 is 0 Å². The molecule has 2 amide bonds. The topological polar surface area (TPSA) is 115 Å². The molecule has 2 aromatic carbocycles.